The molecule has 2 atom stereocenters. The SMILES string of the molecule is O=C1CCC(S(=O)C2CCCCC2)C1. The van der Waals surface area contributed by atoms with E-state index >= 15 is 0 Å². The van der Waals surface area contributed by atoms with Gasteiger partial charge in [-0.1, -0.05) is 19.3 Å². The number of ketones is 1. The molecule has 2 fully saturated rings. The number of carbonyl (C=O) groups excluding carboxylic acids is 1. The molecule has 2 unspecified atom stereocenters. The van der Waals surface area contributed by atoms with E-state index in [4.69, 9.17) is 0 Å². The molecule has 2 nitrogen and oxygen atoms in total. The third-order valence-corrected chi connectivity index (χ3v) is 5.60. The van der Waals surface area contributed by atoms with Crippen molar-refractivity contribution in [3.8, 4) is 0 Å². The van der Waals surface area contributed by atoms with Crippen LogP contribution in [-0.2, 0) is 15.6 Å². The smallest absolute Gasteiger partial charge is 0.134 e. The highest BCUT2D eigenvalue weighted by molar-refractivity contribution is 7.86. The van der Waals surface area contributed by atoms with Gasteiger partial charge in [0.15, 0.2) is 0 Å². The van der Waals surface area contributed by atoms with Gasteiger partial charge in [-0.3, -0.25) is 9.00 Å². The van der Waals surface area contributed by atoms with Crippen molar-refractivity contribution in [1.29, 1.82) is 0 Å². The van der Waals surface area contributed by atoms with E-state index in [1.807, 2.05) is 0 Å². The first-order valence-electron chi connectivity index (χ1n) is 5.68. The second-order valence-electron chi connectivity index (χ2n) is 4.49. The number of hydrogen-bond donors (Lipinski definition) is 0. The number of carbonyl (C=O) groups is 1. The van der Waals surface area contributed by atoms with Crippen molar-refractivity contribution < 1.29 is 9.00 Å². The van der Waals surface area contributed by atoms with Gasteiger partial charge in [0, 0.05) is 34.1 Å². The Kier molecular flexibility index (Phi) is 3.37. The molecule has 2 aliphatic rings. The molecule has 0 aromatic rings. The standard InChI is InChI=1S/C11H18O2S/c12-9-6-7-11(8-9)14(13)10-4-2-1-3-5-10/h10-11H,1-8H2. The fourth-order valence-electron chi connectivity index (χ4n) is 2.55. The molecule has 0 spiro atoms. The summed E-state index contributed by atoms with van der Waals surface area (Å²) in [6, 6.07) is 0. The Hall–Kier alpha value is -0.180. The minimum absolute atomic E-state index is 0.200. The van der Waals surface area contributed by atoms with Gasteiger partial charge in [-0.15, -0.1) is 0 Å². The van der Waals surface area contributed by atoms with E-state index in [1.54, 1.807) is 0 Å². The molecule has 0 aliphatic heterocycles. The van der Waals surface area contributed by atoms with Crippen LogP contribution in [0.2, 0.25) is 0 Å². The van der Waals surface area contributed by atoms with Crippen LogP contribution in [0.4, 0.5) is 0 Å². The second kappa shape index (κ2) is 4.56. The fourth-order valence-corrected chi connectivity index (χ4v) is 4.59. The van der Waals surface area contributed by atoms with E-state index in [-0.39, 0.29) is 5.25 Å². The molecule has 0 aromatic carbocycles. The van der Waals surface area contributed by atoms with E-state index in [2.05, 4.69) is 0 Å². The monoisotopic (exact) mass is 214 g/mol. The summed E-state index contributed by atoms with van der Waals surface area (Å²) in [5, 5.41) is 0.602. The molecule has 0 radical (unpaired) electrons. The highest BCUT2D eigenvalue weighted by Gasteiger charge is 2.31. The van der Waals surface area contributed by atoms with Crippen LogP contribution in [0, 0.1) is 0 Å². The first-order valence-corrected chi connectivity index (χ1v) is 6.96. The van der Waals surface area contributed by atoms with Crippen molar-refractivity contribution in [3.05, 3.63) is 0 Å². The zero-order valence-corrected chi connectivity index (χ0v) is 9.35. The van der Waals surface area contributed by atoms with Crippen LogP contribution < -0.4 is 0 Å². The molecule has 2 saturated carbocycles. The first kappa shape index (κ1) is 10.3. The Morgan fingerprint density at radius 2 is 1.71 bits per heavy atom. The molecule has 3 heteroatoms. The Morgan fingerprint density at radius 3 is 2.29 bits per heavy atom. The zero-order chi connectivity index (χ0) is 9.97. The quantitative estimate of drug-likeness (QED) is 0.706. The van der Waals surface area contributed by atoms with Crippen LogP contribution in [0.3, 0.4) is 0 Å². The average Bonchev–Trinajstić information content (AvgIpc) is 2.65. The summed E-state index contributed by atoms with van der Waals surface area (Å²) in [4.78, 5) is 11.1. The van der Waals surface area contributed by atoms with Gasteiger partial charge in [0.25, 0.3) is 0 Å². The normalized spacial score (nSPS) is 32.0. The Morgan fingerprint density at radius 1 is 1.00 bits per heavy atom. The van der Waals surface area contributed by atoms with Crippen molar-refractivity contribution >= 4 is 16.6 Å². The van der Waals surface area contributed by atoms with Crippen molar-refractivity contribution in [1.82, 2.24) is 0 Å². The van der Waals surface area contributed by atoms with Gasteiger partial charge in [-0.25, -0.2) is 0 Å². The molecule has 80 valence electrons. The van der Waals surface area contributed by atoms with E-state index in [0.29, 0.717) is 23.9 Å². The first-order chi connectivity index (χ1) is 6.77. The molecule has 0 saturated heterocycles. The van der Waals surface area contributed by atoms with E-state index < -0.39 is 10.8 Å². The van der Waals surface area contributed by atoms with Gasteiger partial charge >= 0.3 is 0 Å². The van der Waals surface area contributed by atoms with Gasteiger partial charge in [0.2, 0.25) is 0 Å². The lowest BCUT2D eigenvalue weighted by Gasteiger charge is -2.23. The van der Waals surface area contributed by atoms with Crippen molar-refractivity contribution in [2.45, 2.75) is 61.9 Å². The summed E-state index contributed by atoms with van der Waals surface area (Å²) in [5.74, 6) is 0.319. The molecular weight excluding hydrogens is 196 g/mol. The van der Waals surface area contributed by atoms with Gasteiger partial charge in [0.1, 0.15) is 5.78 Å². The number of rotatable bonds is 2. The summed E-state index contributed by atoms with van der Waals surface area (Å²) in [6.07, 6.45) is 8.15. The van der Waals surface area contributed by atoms with Crippen LogP contribution in [0.1, 0.15) is 51.4 Å². The Bertz CT molecular complexity index is 244. The molecule has 0 aromatic heterocycles. The third-order valence-electron chi connectivity index (χ3n) is 3.41. The molecule has 0 heterocycles. The van der Waals surface area contributed by atoms with Crippen LogP contribution in [0.15, 0.2) is 0 Å². The lowest BCUT2D eigenvalue weighted by molar-refractivity contribution is -0.117. The molecule has 0 amide bonds. The molecule has 2 rings (SSSR count). The van der Waals surface area contributed by atoms with Crippen LogP contribution in [-0.4, -0.2) is 20.5 Å². The van der Waals surface area contributed by atoms with E-state index in [0.717, 1.165) is 19.3 Å². The zero-order valence-electron chi connectivity index (χ0n) is 8.54. The Balaban J connectivity index is 1.90. The topological polar surface area (TPSA) is 34.1 Å². The fraction of sp³-hybridized carbons (Fsp3) is 0.909. The van der Waals surface area contributed by atoms with Gasteiger partial charge < -0.3 is 0 Å². The van der Waals surface area contributed by atoms with Crippen LogP contribution in [0.5, 0.6) is 0 Å². The Labute approximate surface area is 87.9 Å². The summed E-state index contributed by atoms with van der Waals surface area (Å²) in [5.41, 5.74) is 0. The van der Waals surface area contributed by atoms with E-state index in [9.17, 15) is 9.00 Å². The molecule has 2 aliphatic carbocycles. The highest BCUT2D eigenvalue weighted by atomic mass is 32.2. The summed E-state index contributed by atoms with van der Waals surface area (Å²) >= 11 is 0. The second-order valence-corrected chi connectivity index (χ2v) is 6.48. The maximum Gasteiger partial charge on any atom is 0.134 e. The van der Waals surface area contributed by atoms with Crippen LogP contribution in [0.25, 0.3) is 0 Å². The predicted molar refractivity (Wildman–Crippen MR) is 57.7 cm³/mol. The third kappa shape index (κ3) is 2.25. The van der Waals surface area contributed by atoms with Gasteiger partial charge in [0.05, 0.1) is 0 Å². The van der Waals surface area contributed by atoms with Gasteiger partial charge in [-0.05, 0) is 19.3 Å². The maximum atomic E-state index is 12.1. The largest absolute Gasteiger partial charge is 0.300 e. The summed E-state index contributed by atoms with van der Waals surface area (Å²) < 4.78 is 12.1. The molecule has 0 N–H and O–H groups in total. The van der Waals surface area contributed by atoms with Gasteiger partial charge in [-0.2, -0.15) is 0 Å². The molecular formula is C11H18O2S. The predicted octanol–water partition coefficient (Wildman–Crippen LogP) is 2.19. The maximum absolute atomic E-state index is 12.1. The minimum Gasteiger partial charge on any atom is -0.300 e. The van der Waals surface area contributed by atoms with E-state index in [1.165, 1.54) is 19.3 Å². The average molecular weight is 214 g/mol. The minimum atomic E-state index is -0.723. The summed E-state index contributed by atoms with van der Waals surface area (Å²) in [6.45, 7) is 0. The van der Waals surface area contributed by atoms with Crippen molar-refractivity contribution in [2.75, 3.05) is 0 Å². The van der Waals surface area contributed by atoms with Crippen molar-refractivity contribution in [3.63, 3.8) is 0 Å². The highest BCUT2D eigenvalue weighted by Crippen LogP contribution is 2.29. The molecule has 14 heavy (non-hydrogen) atoms. The molecule has 0 bridgehead atoms. The van der Waals surface area contributed by atoms with Crippen molar-refractivity contribution in [2.24, 2.45) is 0 Å². The summed E-state index contributed by atoms with van der Waals surface area (Å²) in [7, 11) is -0.723. The lowest BCUT2D eigenvalue weighted by Crippen LogP contribution is -2.26. The number of Topliss-reactive ketones (excluding diaryl/α,β-unsaturated/α-hetero) is 1. The number of hydrogen-bond acceptors (Lipinski definition) is 2. The lowest BCUT2D eigenvalue weighted by atomic mass is 10.0. The van der Waals surface area contributed by atoms with Crippen LogP contribution >= 0.6 is 0 Å².